The maximum Gasteiger partial charge on any atom is 0.358 e. The normalized spacial score (nSPS) is 17.0. The lowest BCUT2D eigenvalue weighted by Gasteiger charge is -2.37. The summed E-state index contributed by atoms with van der Waals surface area (Å²) >= 11 is 1.45. The van der Waals surface area contributed by atoms with E-state index >= 15 is 0 Å². The van der Waals surface area contributed by atoms with E-state index in [0.717, 1.165) is 76.9 Å². The number of benzene rings is 3. The van der Waals surface area contributed by atoms with Crippen molar-refractivity contribution in [3.05, 3.63) is 101 Å². The number of hydrogen-bond acceptors (Lipinski definition) is 11. The van der Waals surface area contributed by atoms with Crippen LogP contribution in [0.5, 0.6) is 5.75 Å². The molecule has 1 fully saturated rings. The van der Waals surface area contributed by atoms with E-state index in [1.165, 1.54) is 11.3 Å². The molecule has 2 aliphatic rings. The second-order valence-corrected chi connectivity index (χ2v) is 17.6. The van der Waals surface area contributed by atoms with Crippen LogP contribution >= 0.6 is 11.3 Å². The molecule has 12 heteroatoms. The van der Waals surface area contributed by atoms with Gasteiger partial charge in [0.05, 0.1) is 30.0 Å². The van der Waals surface area contributed by atoms with Crippen molar-refractivity contribution in [3.63, 3.8) is 0 Å². The number of carbonyl (C=O) groups is 3. The van der Waals surface area contributed by atoms with Crippen LogP contribution in [0, 0.1) is 12.8 Å². The number of para-hydroxylation sites is 1. The number of anilines is 2. The first-order valence-electron chi connectivity index (χ1n) is 20.8. The Morgan fingerprint density at radius 2 is 1.76 bits per heavy atom. The number of nitrogens with zero attached hydrogens (tertiary/aromatic N) is 4. The van der Waals surface area contributed by atoms with Crippen LogP contribution in [-0.4, -0.2) is 77.2 Å². The molecule has 2 aliphatic heterocycles. The number of hydrogen-bond donors (Lipinski definition) is 1. The van der Waals surface area contributed by atoms with E-state index in [2.05, 4.69) is 33.1 Å². The van der Waals surface area contributed by atoms with E-state index in [0.29, 0.717) is 66.9 Å². The smallest absolute Gasteiger partial charge is 0.358 e. The average molecular weight is 818 g/mol. The summed E-state index contributed by atoms with van der Waals surface area (Å²) in [6.07, 6.45) is 4.80. The number of pyridine rings is 1. The van der Waals surface area contributed by atoms with Crippen molar-refractivity contribution in [2.24, 2.45) is 5.92 Å². The Morgan fingerprint density at radius 1 is 0.949 bits per heavy atom. The second kappa shape index (κ2) is 18.3. The van der Waals surface area contributed by atoms with Crippen molar-refractivity contribution >= 4 is 50.3 Å². The van der Waals surface area contributed by atoms with Crippen LogP contribution in [0.2, 0.25) is 0 Å². The van der Waals surface area contributed by atoms with E-state index in [1.807, 2.05) is 101 Å². The number of piperidine rings is 1. The molecular weight excluding hydrogens is 763 g/mol. The second-order valence-electron chi connectivity index (χ2n) is 16.6. The van der Waals surface area contributed by atoms with Gasteiger partial charge in [-0.25, -0.2) is 14.8 Å². The molecule has 2 aromatic heterocycles. The van der Waals surface area contributed by atoms with E-state index < -0.39 is 11.6 Å². The number of ether oxygens (including phenoxy) is 3. The largest absolute Gasteiger partial charge is 0.493 e. The minimum atomic E-state index is -0.725. The minimum Gasteiger partial charge on any atom is -0.493 e. The number of rotatable bonds is 13. The van der Waals surface area contributed by atoms with Gasteiger partial charge in [0, 0.05) is 30.3 Å². The van der Waals surface area contributed by atoms with Crippen LogP contribution in [0.1, 0.15) is 97.8 Å². The summed E-state index contributed by atoms with van der Waals surface area (Å²) in [6, 6.07) is 23.8. The molecular formula is C47H55N5O6S. The molecule has 1 N–H and O–H groups in total. The van der Waals surface area contributed by atoms with Crippen molar-refractivity contribution in [2.45, 2.75) is 91.8 Å². The third-order valence-corrected chi connectivity index (χ3v) is 12.1. The van der Waals surface area contributed by atoms with Crippen molar-refractivity contribution < 1.29 is 28.6 Å². The van der Waals surface area contributed by atoms with Gasteiger partial charge in [-0.15, -0.1) is 0 Å². The lowest BCUT2D eigenvalue weighted by atomic mass is 9.88. The Labute approximate surface area is 351 Å². The molecule has 11 nitrogen and oxygen atoms in total. The highest BCUT2D eigenvalue weighted by Gasteiger charge is 2.29. The minimum absolute atomic E-state index is 0.152. The molecule has 0 radical (unpaired) electrons. The van der Waals surface area contributed by atoms with Crippen molar-refractivity contribution in [1.82, 2.24) is 14.9 Å². The predicted molar refractivity (Wildman–Crippen MR) is 233 cm³/mol. The fourth-order valence-electron chi connectivity index (χ4n) is 8.21. The highest BCUT2D eigenvalue weighted by Crippen LogP contribution is 2.36. The molecule has 310 valence electrons. The fraction of sp³-hybridized carbons (Fsp3) is 0.426. The third kappa shape index (κ3) is 10.1. The van der Waals surface area contributed by atoms with Gasteiger partial charge in [-0.2, -0.15) is 0 Å². The van der Waals surface area contributed by atoms with Gasteiger partial charge in [0.2, 0.25) is 0 Å². The summed E-state index contributed by atoms with van der Waals surface area (Å²) < 4.78 is 18.5. The Morgan fingerprint density at radius 3 is 2.54 bits per heavy atom. The van der Waals surface area contributed by atoms with Gasteiger partial charge >= 0.3 is 11.9 Å². The highest BCUT2D eigenvalue weighted by molar-refractivity contribution is 7.22. The molecule has 1 amide bonds. The van der Waals surface area contributed by atoms with E-state index in [-0.39, 0.29) is 17.6 Å². The lowest BCUT2D eigenvalue weighted by Crippen LogP contribution is -2.43. The number of esters is 2. The van der Waals surface area contributed by atoms with Crippen LogP contribution in [-0.2, 0) is 27.2 Å². The first-order chi connectivity index (χ1) is 28.4. The molecule has 1 saturated heterocycles. The predicted octanol–water partition coefficient (Wildman–Crippen LogP) is 9.26. The molecule has 4 heterocycles. The Balaban J connectivity index is 1.06. The Hall–Kier alpha value is -5.33. The van der Waals surface area contributed by atoms with E-state index in [1.54, 1.807) is 0 Å². The van der Waals surface area contributed by atoms with Crippen molar-refractivity contribution in [1.29, 1.82) is 0 Å². The third-order valence-electron chi connectivity index (χ3n) is 11.2. The zero-order chi connectivity index (χ0) is 41.7. The average Bonchev–Trinajstić information content (AvgIpc) is 3.62. The molecule has 59 heavy (non-hydrogen) atoms. The standard InChI is InChI=1S/C47H55N5O6S/c1-7-56-42(53)29-51-24-22-32(27-30(51)2)13-12-26-57-39-18-11-15-34(31(39)3)35-20-21-41(49-43(35)45(55)58-47(4,5)6)52-25-23-33-14-10-16-36(37(33)28-52)44(54)50-46-48-38-17-8-9-19-40(38)59-46/h8-11,14-21,30,32H,7,12-13,22-29H2,1-6H3,(H,48,50,54)/t30-,32+/m1/s1. The highest BCUT2D eigenvalue weighted by atomic mass is 32.1. The Kier molecular flexibility index (Phi) is 13.0. The van der Waals surface area contributed by atoms with Gasteiger partial charge in [-0.3, -0.25) is 19.8 Å². The van der Waals surface area contributed by atoms with Crippen molar-refractivity contribution in [2.75, 3.05) is 43.1 Å². The topological polar surface area (TPSA) is 123 Å². The maximum atomic E-state index is 13.9. The van der Waals surface area contributed by atoms with Gasteiger partial charge in [-0.1, -0.05) is 47.7 Å². The number of nitrogens with one attached hydrogen (secondary N) is 1. The molecule has 5 aromatic rings. The number of fused-ring (bicyclic) bond motifs is 2. The van der Waals surface area contributed by atoms with Gasteiger partial charge < -0.3 is 19.1 Å². The molecule has 0 saturated carbocycles. The van der Waals surface area contributed by atoms with Crippen LogP contribution in [0.3, 0.4) is 0 Å². The molecule has 3 aromatic carbocycles. The zero-order valence-electron chi connectivity index (χ0n) is 35.0. The SMILES string of the molecule is CCOC(=O)CN1CC[C@H](CCCOc2cccc(-c3ccc(N4CCc5cccc(C(=O)Nc6nc7ccccc7s6)c5C4)nc3C(=O)OC(C)(C)C)c2C)C[C@H]1C. The summed E-state index contributed by atoms with van der Waals surface area (Å²) in [6.45, 7) is 15.0. The van der Waals surface area contributed by atoms with E-state index in [4.69, 9.17) is 19.2 Å². The fourth-order valence-corrected chi connectivity index (χ4v) is 9.07. The monoisotopic (exact) mass is 817 g/mol. The van der Waals surface area contributed by atoms with Crippen molar-refractivity contribution in [3.8, 4) is 16.9 Å². The first kappa shape index (κ1) is 41.8. The molecule has 2 atom stereocenters. The van der Waals surface area contributed by atoms with E-state index in [9.17, 15) is 14.4 Å². The maximum absolute atomic E-state index is 13.9. The van der Waals surface area contributed by atoms with Gasteiger partial charge in [-0.05, 0) is 145 Å². The number of amides is 1. The van der Waals surface area contributed by atoms with Crippen LogP contribution in [0.4, 0.5) is 10.9 Å². The number of likely N-dealkylation sites (tertiary alicyclic amines) is 1. The number of thiazole rings is 1. The molecule has 7 rings (SSSR count). The molecule has 0 aliphatic carbocycles. The molecule has 0 spiro atoms. The summed E-state index contributed by atoms with van der Waals surface area (Å²) in [5, 5.41) is 3.58. The van der Waals surface area contributed by atoms with Crippen LogP contribution in [0.25, 0.3) is 21.3 Å². The number of aromatic nitrogens is 2. The summed E-state index contributed by atoms with van der Waals surface area (Å²) in [5.41, 5.74) is 5.42. The zero-order valence-corrected chi connectivity index (χ0v) is 35.8. The van der Waals surface area contributed by atoms with Crippen LogP contribution < -0.4 is 15.0 Å². The van der Waals surface area contributed by atoms with Gasteiger partial charge in [0.15, 0.2) is 10.8 Å². The van der Waals surface area contributed by atoms with Gasteiger partial charge in [0.1, 0.15) is 17.2 Å². The summed E-state index contributed by atoms with van der Waals surface area (Å²) in [4.78, 5) is 53.6. The van der Waals surface area contributed by atoms with Gasteiger partial charge in [0.25, 0.3) is 5.91 Å². The summed E-state index contributed by atoms with van der Waals surface area (Å²) in [5.74, 6) is 1.12. The van der Waals surface area contributed by atoms with Crippen LogP contribution in [0.15, 0.2) is 72.8 Å². The first-order valence-corrected chi connectivity index (χ1v) is 21.6. The number of carbonyl (C=O) groups excluding carboxylic acids is 3. The quantitative estimate of drug-likeness (QED) is 0.0909. The molecule has 0 unspecified atom stereocenters. The Bertz CT molecular complexity index is 2290. The summed E-state index contributed by atoms with van der Waals surface area (Å²) in [7, 11) is 0. The molecule has 0 bridgehead atoms. The lowest BCUT2D eigenvalue weighted by molar-refractivity contribution is -0.145.